The monoisotopic (exact) mass is 512 g/mol. The number of hydrogen-bond donors (Lipinski definition) is 1. The van der Waals surface area contributed by atoms with Crippen molar-refractivity contribution in [2.45, 2.75) is 6.92 Å². The highest BCUT2D eigenvalue weighted by molar-refractivity contribution is 9.10. The molecule has 1 heterocycles. The van der Waals surface area contributed by atoms with Gasteiger partial charge in [-0.3, -0.25) is 14.9 Å². The molecule has 1 aliphatic heterocycles. The molecule has 0 radical (unpaired) electrons. The Morgan fingerprint density at radius 3 is 2.50 bits per heavy atom. The van der Waals surface area contributed by atoms with Gasteiger partial charge in [0.25, 0.3) is 11.8 Å². The number of amides is 4. The molecule has 0 saturated carbocycles. The summed E-state index contributed by atoms with van der Waals surface area (Å²) in [5, 5.41) is 2.59. The van der Waals surface area contributed by atoms with Crippen LogP contribution in [0, 0.1) is 0 Å². The van der Waals surface area contributed by atoms with E-state index in [1.807, 2.05) is 6.92 Å². The second kappa shape index (κ2) is 9.07. The van der Waals surface area contributed by atoms with Crippen LogP contribution in [0.15, 0.2) is 40.4 Å². The number of benzene rings is 2. The number of anilines is 1. The Kier molecular flexibility index (Phi) is 6.70. The van der Waals surface area contributed by atoms with Gasteiger partial charge >= 0.3 is 6.03 Å². The lowest BCUT2D eigenvalue weighted by molar-refractivity contribution is -0.122. The van der Waals surface area contributed by atoms with E-state index in [-0.39, 0.29) is 21.3 Å². The number of urea groups is 1. The fourth-order valence-electron chi connectivity index (χ4n) is 2.82. The Hall–Kier alpha value is -2.55. The van der Waals surface area contributed by atoms with Crippen LogP contribution in [0.25, 0.3) is 6.08 Å². The normalized spacial score (nSPS) is 15.4. The summed E-state index contributed by atoms with van der Waals surface area (Å²) in [6.07, 6.45) is 1.36. The highest BCUT2D eigenvalue weighted by atomic mass is 79.9. The topological polar surface area (TPSA) is 84.9 Å². The number of methoxy groups -OCH3 is 1. The molecule has 0 aromatic heterocycles. The minimum Gasteiger partial charge on any atom is -0.492 e. The lowest BCUT2D eigenvalue weighted by Crippen LogP contribution is -2.54. The summed E-state index contributed by atoms with van der Waals surface area (Å²) in [5.74, 6) is -0.702. The summed E-state index contributed by atoms with van der Waals surface area (Å²) < 4.78 is 11.4. The van der Waals surface area contributed by atoms with E-state index in [1.165, 1.54) is 31.4 Å². The number of hydrogen-bond acceptors (Lipinski definition) is 5. The van der Waals surface area contributed by atoms with Crippen LogP contribution in [0.5, 0.6) is 11.5 Å². The van der Waals surface area contributed by atoms with Crippen LogP contribution in [0.3, 0.4) is 0 Å². The van der Waals surface area contributed by atoms with Crippen molar-refractivity contribution in [2.75, 3.05) is 18.6 Å². The molecule has 2 aromatic carbocycles. The van der Waals surface area contributed by atoms with Crippen LogP contribution >= 0.6 is 39.1 Å². The summed E-state index contributed by atoms with van der Waals surface area (Å²) in [4.78, 5) is 38.5. The van der Waals surface area contributed by atoms with Crippen molar-refractivity contribution < 1.29 is 23.9 Å². The molecule has 1 fully saturated rings. The van der Waals surface area contributed by atoms with Gasteiger partial charge in [0.1, 0.15) is 5.57 Å². The summed E-state index contributed by atoms with van der Waals surface area (Å²) in [6.45, 7) is 2.21. The predicted octanol–water partition coefficient (Wildman–Crippen LogP) is 4.83. The van der Waals surface area contributed by atoms with E-state index in [1.54, 1.807) is 12.1 Å². The number of carbonyl (C=O) groups excluding carboxylic acids is 3. The molecule has 1 saturated heterocycles. The maximum atomic E-state index is 13.0. The Labute approximate surface area is 190 Å². The molecule has 7 nitrogen and oxygen atoms in total. The fraction of sp³-hybridized carbons (Fsp3) is 0.150. The number of halogens is 3. The van der Waals surface area contributed by atoms with Gasteiger partial charge in [0.05, 0.1) is 33.9 Å². The highest BCUT2D eigenvalue weighted by Gasteiger charge is 2.37. The van der Waals surface area contributed by atoms with Gasteiger partial charge in [-0.2, -0.15) is 0 Å². The van der Waals surface area contributed by atoms with Crippen molar-refractivity contribution in [2.24, 2.45) is 0 Å². The third-order valence-corrected chi connectivity index (χ3v) is 5.44. The van der Waals surface area contributed by atoms with Crippen molar-refractivity contribution in [1.29, 1.82) is 0 Å². The van der Waals surface area contributed by atoms with Gasteiger partial charge in [-0.25, -0.2) is 9.69 Å². The van der Waals surface area contributed by atoms with Crippen LogP contribution in [0.4, 0.5) is 10.5 Å². The maximum Gasteiger partial charge on any atom is 0.335 e. The number of barbiturate groups is 1. The van der Waals surface area contributed by atoms with Gasteiger partial charge in [0.2, 0.25) is 0 Å². The largest absolute Gasteiger partial charge is 0.492 e. The molecule has 1 aliphatic rings. The van der Waals surface area contributed by atoms with Crippen LogP contribution in [-0.4, -0.2) is 31.6 Å². The molecule has 30 heavy (non-hydrogen) atoms. The van der Waals surface area contributed by atoms with Crippen molar-refractivity contribution in [3.8, 4) is 11.5 Å². The Morgan fingerprint density at radius 1 is 1.13 bits per heavy atom. The Bertz CT molecular complexity index is 1090. The summed E-state index contributed by atoms with van der Waals surface area (Å²) in [5.41, 5.74) is 0.435. The lowest BCUT2D eigenvalue weighted by Gasteiger charge is -2.26. The van der Waals surface area contributed by atoms with Gasteiger partial charge in [-0.05, 0) is 64.8 Å². The first kappa shape index (κ1) is 22.1. The molecular weight excluding hydrogens is 499 g/mol. The zero-order valence-corrected chi connectivity index (χ0v) is 18.9. The number of rotatable bonds is 5. The first-order chi connectivity index (χ1) is 14.3. The van der Waals surface area contributed by atoms with Crippen molar-refractivity contribution >= 4 is 68.7 Å². The van der Waals surface area contributed by atoms with Crippen LogP contribution in [0.2, 0.25) is 10.0 Å². The van der Waals surface area contributed by atoms with E-state index < -0.39 is 17.8 Å². The van der Waals surface area contributed by atoms with Crippen molar-refractivity contribution in [1.82, 2.24) is 5.32 Å². The molecule has 3 rings (SSSR count). The van der Waals surface area contributed by atoms with E-state index in [4.69, 9.17) is 32.7 Å². The Balaban J connectivity index is 2.05. The molecule has 0 aliphatic carbocycles. The quantitative estimate of drug-likeness (QED) is 0.457. The molecule has 0 unspecified atom stereocenters. The summed E-state index contributed by atoms with van der Waals surface area (Å²) >= 11 is 15.3. The van der Waals surface area contributed by atoms with Gasteiger partial charge in [0, 0.05) is 0 Å². The maximum absolute atomic E-state index is 13.0. The molecule has 1 N–H and O–H groups in total. The zero-order chi connectivity index (χ0) is 22.0. The molecule has 2 aromatic rings. The molecule has 0 bridgehead atoms. The predicted molar refractivity (Wildman–Crippen MR) is 117 cm³/mol. The van der Waals surface area contributed by atoms with Gasteiger partial charge in [0.15, 0.2) is 11.5 Å². The van der Waals surface area contributed by atoms with Gasteiger partial charge in [-0.1, -0.05) is 23.2 Å². The van der Waals surface area contributed by atoms with E-state index in [0.717, 1.165) is 4.90 Å². The van der Waals surface area contributed by atoms with Gasteiger partial charge in [-0.15, -0.1) is 0 Å². The van der Waals surface area contributed by atoms with E-state index in [0.29, 0.717) is 28.1 Å². The third kappa shape index (κ3) is 4.30. The average molecular weight is 514 g/mol. The summed E-state index contributed by atoms with van der Waals surface area (Å²) in [6, 6.07) is 6.68. The number of nitrogens with one attached hydrogen (secondary N) is 1. The fourth-order valence-corrected chi connectivity index (χ4v) is 3.73. The number of nitrogens with zero attached hydrogens (tertiary/aromatic N) is 1. The highest BCUT2D eigenvalue weighted by Crippen LogP contribution is 2.37. The smallest absolute Gasteiger partial charge is 0.335 e. The first-order valence-electron chi connectivity index (χ1n) is 8.63. The lowest BCUT2D eigenvalue weighted by atomic mass is 10.1. The molecule has 0 atom stereocenters. The van der Waals surface area contributed by atoms with Crippen LogP contribution < -0.4 is 19.7 Å². The molecule has 4 amide bonds. The average Bonchev–Trinajstić information content (AvgIpc) is 2.68. The molecule has 156 valence electrons. The second-order valence-corrected chi connectivity index (χ2v) is 7.69. The molecule has 10 heteroatoms. The van der Waals surface area contributed by atoms with Crippen LogP contribution in [-0.2, 0) is 9.59 Å². The second-order valence-electron chi connectivity index (χ2n) is 6.02. The van der Waals surface area contributed by atoms with Gasteiger partial charge < -0.3 is 9.47 Å². The summed E-state index contributed by atoms with van der Waals surface area (Å²) in [7, 11) is 1.50. The first-order valence-corrected chi connectivity index (χ1v) is 10.2. The third-order valence-electron chi connectivity index (χ3n) is 4.11. The van der Waals surface area contributed by atoms with Crippen molar-refractivity contribution in [3.63, 3.8) is 0 Å². The molecule has 0 spiro atoms. The minimum absolute atomic E-state index is 0.164. The SMILES string of the molecule is CCOc1cc(/C=C2\C(=O)NC(=O)N(c3ccc(Cl)c(Cl)c3)C2=O)cc(Br)c1OC. The Morgan fingerprint density at radius 2 is 1.87 bits per heavy atom. The standard InChI is InChI=1S/C20H15BrCl2N2O5/c1-3-30-16-8-10(7-13(21)17(16)29-2)6-12-18(26)24-20(28)25(19(12)27)11-4-5-14(22)15(23)9-11/h4-9H,3H2,1-2H3,(H,24,26,28)/b12-6+. The number of carbonyl (C=O) groups is 3. The van der Waals surface area contributed by atoms with E-state index in [2.05, 4.69) is 21.2 Å². The molecular formula is C20H15BrCl2N2O5. The number of ether oxygens (including phenoxy) is 2. The van der Waals surface area contributed by atoms with E-state index in [9.17, 15) is 14.4 Å². The van der Waals surface area contributed by atoms with E-state index >= 15 is 0 Å². The zero-order valence-electron chi connectivity index (χ0n) is 15.8. The number of imide groups is 2. The van der Waals surface area contributed by atoms with Crippen LogP contribution in [0.1, 0.15) is 12.5 Å². The van der Waals surface area contributed by atoms with Crippen molar-refractivity contribution in [3.05, 3.63) is 56.0 Å². The minimum atomic E-state index is -0.883.